The van der Waals surface area contributed by atoms with Gasteiger partial charge in [-0.05, 0) is 24.0 Å². The van der Waals surface area contributed by atoms with Crippen molar-refractivity contribution >= 4 is 50.9 Å². The molecule has 0 radical (unpaired) electrons. The molecule has 0 aliphatic heterocycles. The van der Waals surface area contributed by atoms with Gasteiger partial charge in [-0.1, -0.05) is 28.9 Å². The molecule has 12 heteroatoms. The van der Waals surface area contributed by atoms with Crippen molar-refractivity contribution in [1.29, 1.82) is 0 Å². The number of nitrogens with zero attached hydrogens (tertiary/aromatic N) is 6. The third-order valence-electron chi connectivity index (χ3n) is 3.05. The average Bonchev–Trinajstić information content (AvgIpc) is 3.24. The molecule has 0 atom stereocenters. The number of carbonyl (C=O) groups is 1. The van der Waals surface area contributed by atoms with Gasteiger partial charge in [-0.3, -0.25) is 4.79 Å². The van der Waals surface area contributed by atoms with Crippen LogP contribution in [0.1, 0.15) is 6.92 Å². The molecule has 2 heterocycles. The van der Waals surface area contributed by atoms with Crippen molar-refractivity contribution in [2.24, 2.45) is 5.10 Å². The number of hydrazone groups is 1. The Morgan fingerprint density at radius 3 is 3.00 bits per heavy atom. The molecule has 2 aromatic heterocycles. The standard InChI is InChI=1S/C14H13N7O3S2/c1-9(6-20-8-15-13(19-20)21(23)24)17-18-12(22)7-25-14-16-10-4-2-3-5-11(10)26-14/h2-5,8H,6-7H2,1H3,(H,18,22). The molecule has 1 amide bonds. The van der Waals surface area contributed by atoms with Crippen LogP contribution in [0.15, 0.2) is 40.0 Å². The summed E-state index contributed by atoms with van der Waals surface area (Å²) in [5, 5.41) is 18.2. The molecular weight excluding hydrogens is 378 g/mol. The number of carbonyl (C=O) groups excluding carboxylic acids is 1. The third kappa shape index (κ3) is 4.61. The van der Waals surface area contributed by atoms with E-state index < -0.39 is 10.9 Å². The Hall–Kier alpha value is -2.86. The number of nitrogens with one attached hydrogen (secondary N) is 1. The van der Waals surface area contributed by atoms with Crippen LogP contribution in [0.25, 0.3) is 10.2 Å². The van der Waals surface area contributed by atoms with Crippen LogP contribution in [0.3, 0.4) is 0 Å². The zero-order valence-corrected chi connectivity index (χ0v) is 15.2. The molecular formula is C14H13N7O3S2. The summed E-state index contributed by atoms with van der Waals surface area (Å²) in [4.78, 5) is 29.7. The van der Waals surface area contributed by atoms with E-state index in [0.29, 0.717) is 5.71 Å². The van der Waals surface area contributed by atoms with E-state index in [4.69, 9.17) is 0 Å². The molecule has 0 bridgehead atoms. The Balaban J connectivity index is 1.49. The van der Waals surface area contributed by atoms with Crippen molar-refractivity contribution < 1.29 is 9.72 Å². The number of aromatic nitrogens is 4. The molecule has 134 valence electrons. The molecule has 0 aliphatic rings. The molecule has 0 saturated carbocycles. The highest BCUT2D eigenvalue weighted by atomic mass is 32.2. The highest BCUT2D eigenvalue weighted by Crippen LogP contribution is 2.28. The van der Waals surface area contributed by atoms with Gasteiger partial charge in [0.05, 0.1) is 28.2 Å². The molecule has 0 fully saturated rings. The Kier molecular flexibility index (Phi) is 5.53. The van der Waals surface area contributed by atoms with E-state index in [2.05, 4.69) is 25.6 Å². The minimum absolute atomic E-state index is 0.186. The molecule has 0 unspecified atom stereocenters. The number of benzene rings is 1. The summed E-state index contributed by atoms with van der Waals surface area (Å²) in [6.07, 6.45) is 1.24. The van der Waals surface area contributed by atoms with Crippen LogP contribution in [0.5, 0.6) is 0 Å². The average molecular weight is 391 g/mol. The van der Waals surface area contributed by atoms with Crippen LogP contribution in [0.4, 0.5) is 5.95 Å². The van der Waals surface area contributed by atoms with Gasteiger partial charge in [0, 0.05) is 5.10 Å². The van der Waals surface area contributed by atoms with Crippen LogP contribution in [0, 0.1) is 10.1 Å². The monoisotopic (exact) mass is 391 g/mol. The first-order chi connectivity index (χ1) is 12.5. The first kappa shape index (κ1) is 17.9. The number of thioether (sulfide) groups is 1. The van der Waals surface area contributed by atoms with Crippen molar-refractivity contribution in [3.8, 4) is 0 Å². The summed E-state index contributed by atoms with van der Waals surface area (Å²) in [6, 6.07) is 7.78. The van der Waals surface area contributed by atoms with Gasteiger partial charge >= 0.3 is 5.95 Å². The maximum Gasteiger partial charge on any atom is 0.490 e. The second-order valence-corrected chi connectivity index (χ2v) is 7.37. The summed E-state index contributed by atoms with van der Waals surface area (Å²) in [5.74, 6) is -0.557. The second kappa shape index (κ2) is 8.01. The smallest absolute Gasteiger partial charge is 0.390 e. The minimum atomic E-state index is -0.677. The number of rotatable bonds is 7. The number of fused-ring (bicyclic) bond motifs is 1. The van der Waals surface area contributed by atoms with Crippen LogP contribution < -0.4 is 5.43 Å². The van der Waals surface area contributed by atoms with E-state index in [1.807, 2.05) is 24.3 Å². The molecule has 0 aliphatic carbocycles. The molecule has 1 N–H and O–H groups in total. The van der Waals surface area contributed by atoms with Gasteiger partial charge in [0.1, 0.15) is 0 Å². The SMILES string of the molecule is CC(Cn1cnc([N+](=O)[O-])n1)=NNC(=O)CSc1nc2ccccc2s1. The van der Waals surface area contributed by atoms with Crippen molar-refractivity contribution in [2.75, 3.05) is 5.75 Å². The fraction of sp³-hybridized carbons (Fsp3) is 0.214. The molecule has 1 aromatic carbocycles. The summed E-state index contributed by atoms with van der Waals surface area (Å²) < 4.78 is 3.17. The lowest BCUT2D eigenvalue weighted by Gasteiger charge is -2.00. The summed E-state index contributed by atoms with van der Waals surface area (Å²) in [5.41, 5.74) is 3.89. The number of thiazole rings is 1. The third-order valence-corrected chi connectivity index (χ3v) is 5.23. The van der Waals surface area contributed by atoms with Crippen molar-refractivity contribution in [1.82, 2.24) is 25.2 Å². The van der Waals surface area contributed by atoms with E-state index in [9.17, 15) is 14.9 Å². The summed E-state index contributed by atoms with van der Waals surface area (Å²) in [6.45, 7) is 1.86. The fourth-order valence-electron chi connectivity index (χ4n) is 1.94. The number of hydrogen-bond donors (Lipinski definition) is 1. The fourth-order valence-corrected chi connectivity index (χ4v) is 3.81. The van der Waals surface area contributed by atoms with Crippen LogP contribution in [0.2, 0.25) is 0 Å². The molecule has 3 aromatic rings. The molecule has 0 saturated heterocycles. The lowest BCUT2D eigenvalue weighted by Crippen LogP contribution is -2.22. The number of nitro groups is 1. The second-order valence-electron chi connectivity index (χ2n) is 5.12. The van der Waals surface area contributed by atoms with E-state index in [1.165, 1.54) is 34.1 Å². The normalized spacial score (nSPS) is 11.7. The quantitative estimate of drug-likeness (QED) is 0.282. The maximum atomic E-state index is 11.9. The molecule has 26 heavy (non-hydrogen) atoms. The van der Waals surface area contributed by atoms with E-state index in [-0.39, 0.29) is 18.2 Å². The number of hydrogen-bond acceptors (Lipinski definition) is 9. The zero-order valence-electron chi connectivity index (χ0n) is 13.5. The van der Waals surface area contributed by atoms with Gasteiger partial charge in [0.25, 0.3) is 5.91 Å². The lowest BCUT2D eigenvalue weighted by molar-refractivity contribution is -0.394. The topological polar surface area (TPSA) is 128 Å². The van der Waals surface area contributed by atoms with Crippen molar-refractivity contribution in [3.63, 3.8) is 0 Å². The predicted octanol–water partition coefficient (Wildman–Crippen LogP) is 2.08. The van der Waals surface area contributed by atoms with Crippen molar-refractivity contribution in [2.45, 2.75) is 17.8 Å². The predicted molar refractivity (Wildman–Crippen MR) is 98.3 cm³/mol. The van der Waals surface area contributed by atoms with Gasteiger partial charge < -0.3 is 10.1 Å². The van der Waals surface area contributed by atoms with Crippen LogP contribution >= 0.6 is 23.1 Å². The van der Waals surface area contributed by atoms with E-state index in [0.717, 1.165) is 14.6 Å². The Morgan fingerprint density at radius 2 is 2.27 bits per heavy atom. The Morgan fingerprint density at radius 1 is 1.46 bits per heavy atom. The van der Waals surface area contributed by atoms with Crippen LogP contribution in [-0.4, -0.2) is 42.0 Å². The lowest BCUT2D eigenvalue weighted by atomic mass is 10.3. The van der Waals surface area contributed by atoms with Gasteiger partial charge in [-0.15, -0.1) is 11.3 Å². The largest absolute Gasteiger partial charge is 0.490 e. The first-order valence-electron chi connectivity index (χ1n) is 7.35. The molecule has 3 rings (SSSR count). The van der Waals surface area contributed by atoms with Gasteiger partial charge in [-0.2, -0.15) is 9.78 Å². The molecule has 0 spiro atoms. The minimum Gasteiger partial charge on any atom is -0.390 e. The zero-order chi connectivity index (χ0) is 18.5. The Bertz CT molecular complexity index is 949. The number of para-hydroxylation sites is 1. The summed E-state index contributed by atoms with van der Waals surface area (Å²) >= 11 is 2.87. The Labute approximate surface area is 155 Å². The number of amides is 1. The highest BCUT2D eigenvalue weighted by molar-refractivity contribution is 8.01. The van der Waals surface area contributed by atoms with Gasteiger partial charge in [-0.25, -0.2) is 10.4 Å². The van der Waals surface area contributed by atoms with Gasteiger partial charge in [0.15, 0.2) is 4.34 Å². The van der Waals surface area contributed by atoms with E-state index >= 15 is 0 Å². The highest BCUT2D eigenvalue weighted by Gasteiger charge is 2.13. The molecule has 10 nitrogen and oxygen atoms in total. The van der Waals surface area contributed by atoms with Gasteiger partial charge in [0.2, 0.25) is 6.33 Å². The van der Waals surface area contributed by atoms with E-state index in [1.54, 1.807) is 6.92 Å². The van der Waals surface area contributed by atoms with Crippen molar-refractivity contribution in [3.05, 3.63) is 40.7 Å². The van der Waals surface area contributed by atoms with Crippen LogP contribution in [-0.2, 0) is 11.3 Å². The summed E-state index contributed by atoms with van der Waals surface area (Å²) in [7, 11) is 0. The first-order valence-corrected chi connectivity index (χ1v) is 9.15. The maximum absolute atomic E-state index is 11.9.